The van der Waals surface area contributed by atoms with Gasteiger partial charge in [-0.2, -0.15) is 0 Å². The van der Waals surface area contributed by atoms with Crippen molar-refractivity contribution in [2.75, 3.05) is 5.32 Å². The summed E-state index contributed by atoms with van der Waals surface area (Å²) in [6.07, 6.45) is 2.65. The number of benzene rings is 1. The molecule has 0 aliphatic rings. The number of nitrogens with zero attached hydrogens (tertiary/aromatic N) is 3. The Labute approximate surface area is 118 Å². The molecule has 0 radical (unpaired) electrons. The van der Waals surface area contributed by atoms with Crippen LogP contribution >= 0.6 is 11.6 Å². The molecule has 0 saturated carbocycles. The third kappa shape index (κ3) is 3.07. The van der Waals surface area contributed by atoms with Crippen LogP contribution in [0, 0.1) is 17.0 Å². The van der Waals surface area contributed by atoms with E-state index in [2.05, 4.69) is 15.3 Å². The Morgan fingerprint density at radius 1 is 1.40 bits per heavy atom. The molecular formula is C12H9ClN4O3. The van der Waals surface area contributed by atoms with Crippen molar-refractivity contribution in [1.29, 1.82) is 0 Å². The zero-order valence-corrected chi connectivity index (χ0v) is 11.1. The van der Waals surface area contributed by atoms with E-state index in [1.165, 1.54) is 30.6 Å². The van der Waals surface area contributed by atoms with Crippen molar-refractivity contribution in [3.8, 4) is 0 Å². The molecule has 2 rings (SSSR count). The summed E-state index contributed by atoms with van der Waals surface area (Å²) >= 11 is 5.65. The Kier molecular flexibility index (Phi) is 3.90. The largest absolute Gasteiger partial charge is 0.305 e. The SMILES string of the molecule is Cc1ccc(C(=O)Nc2cncc(Cl)n2)cc1[N+](=O)[O-]. The monoisotopic (exact) mass is 292 g/mol. The van der Waals surface area contributed by atoms with Gasteiger partial charge < -0.3 is 5.32 Å². The van der Waals surface area contributed by atoms with E-state index in [1.807, 2.05) is 0 Å². The maximum absolute atomic E-state index is 12.0. The van der Waals surface area contributed by atoms with Gasteiger partial charge in [-0.25, -0.2) is 4.98 Å². The fraction of sp³-hybridized carbons (Fsp3) is 0.0833. The van der Waals surface area contributed by atoms with Crippen LogP contribution in [0.25, 0.3) is 0 Å². The topological polar surface area (TPSA) is 98.0 Å². The quantitative estimate of drug-likeness (QED) is 0.692. The van der Waals surface area contributed by atoms with Crippen LogP contribution in [0.2, 0.25) is 5.15 Å². The second-order valence-corrected chi connectivity index (χ2v) is 4.33. The summed E-state index contributed by atoms with van der Waals surface area (Å²) in [5.74, 6) is -0.351. The first-order chi connectivity index (χ1) is 9.47. The van der Waals surface area contributed by atoms with Crippen LogP contribution in [0.4, 0.5) is 11.5 Å². The molecule has 20 heavy (non-hydrogen) atoms. The number of nitro benzene ring substituents is 1. The van der Waals surface area contributed by atoms with Crippen molar-refractivity contribution in [2.24, 2.45) is 0 Å². The lowest BCUT2D eigenvalue weighted by molar-refractivity contribution is -0.385. The molecule has 2 aromatic rings. The number of hydrogen-bond acceptors (Lipinski definition) is 5. The van der Waals surface area contributed by atoms with Crippen LogP contribution in [-0.4, -0.2) is 20.8 Å². The average Bonchev–Trinajstić information content (AvgIpc) is 2.38. The number of hydrogen-bond donors (Lipinski definition) is 1. The molecule has 7 nitrogen and oxygen atoms in total. The molecule has 0 fully saturated rings. The molecule has 1 aromatic heterocycles. The summed E-state index contributed by atoms with van der Waals surface area (Å²) in [5, 5.41) is 13.4. The van der Waals surface area contributed by atoms with Gasteiger partial charge in [-0.15, -0.1) is 0 Å². The van der Waals surface area contributed by atoms with Gasteiger partial charge in [0.25, 0.3) is 11.6 Å². The summed E-state index contributed by atoms with van der Waals surface area (Å²) in [6, 6.07) is 4.22. The molecule has 0 aliphatic heterocycles. The minimum atomic E-state index is -0.536. The highest BCUT2D eigenvalue weighted by Gasteiger charge is 2.15. The minimum Gasteiger partial charge on any atom is -0.305 e. The lowest BCUT2D eigenvalue weighted by atomic mass is 10.1. The van der Waals surface area contributed by atoms with Crippen molar-refractivity contribution < 1.29 is 9.72 Å². The molecular weight excluding hydrogens is 284 g/mol. The van der Waals surface area contributed by atoms with E-state index >= 15 is 0 Å². The number of rotatable bonds is 3. The predicted molar refractivity (Wildman–Crippen MR) is 72.8 cm³/mol. The molecule has 0 saturated heterocycles. The van der Waals surface area contributed by atoms with E-state index in [0.717, 1.165) is 0 Å². The van der Waals surface area contributed by atoms with Crippen molar-refractivity contribution in [3.63, 3.8) is 0 Å². The molecule has 1 heterocycles. The van der Waals surface area contributed by atoms with Gasteiger partial charge in [0.2, 0.25) is 0 Å². The van der Waals surface area contributed by atoms with Crippen molar-refractivity contribution in [2.45, 2.75) is 6.92 Å². The molecule has 0 bridgehead atoms. The lowest BCUT2D eigenvalue weighted by Crippen LogP contribution is -2.13. The Hall–Kier alpha value is -2.54. The lowest BCUT2D eigenvalue weighted by Gasteiger charge is -2.05. The van der Waals surface area contributed by atoms with Crippen molar-refractivity contribution in [3.05, 3.63) is 57.0 Å². The van der Waals surface area contributed by atoms with Crippen molar-refractivity contribution in [1.82, 2.24) is 9.97 Å². The van der Waals surface area contributed by atoms with Gasteiger partial charge in [0.15, 0.2) is 5.82 Å². The first-order valence-corrected chi connectivity index (χ1v) is 5.89. The van der Waals surface area contributed by atoms with Crippen LogP contribution in [0.15, 0.2) is 30.6 Å². The maximum atomic E-state index is 12.0. The van der Waals surface area contributed by atoms with Crippen LogP contribution in [0.1, 0.15) is 15.9 Å². The van der Waals surface area contributed by atoms with Crippen LogP contribution in [-0.2, 0) is 0 Å². The number of aryl methyl sites for hydroxylation is 1. The Bertz CT molecular complexity index is 690. The normalized spacial score (nSPS) is 10.1. The number of nitro groups is 1. The predicted octanol–water partition coefficient (Wildman–Crippen LogP) is 2.60. The zero-order chi connectivity index (χ0) is 14.7. The molecule has 0 atom stereocenters. The molecule has 1 N–H and O–H groups in total. The first-order valence-electron chi connectivity index (χ1n) is 5.51. The van der Waals surface area contributed by atoms with E-state index in [1.54, 1.807) is 6.92 Å². The molecule has 1 amide bonds. The standard InChI is InChI=1S/C12H9ClN4O3/c1-7-2-3-8(4-9(7)17(19)20)12(18)16-11-6-14-5-10(13)15-11/h2-6H,1H3,(H,15,16,18). The van der Waals surface area contributed by atoms with Crippen molar-refractivity contribution >= 4 is 29.0 Å². The van der Waals surface area contributed by atoms with Gasteiger partial charge in [0.05, 0.1) is 17.3 Å². The second kappa shape index (κ2) is 5.62. The maximum Gasteiger partial charge on any atom is 0.273 e. The number of nitrogens with one attached hydrogen (secondary N) is 1. The molecule has 0 spiro atoms. The summed E-state index contributed by atoms with van der Waals surface area (Å²) in [5.41, 5.74) is 0.521. The Morgan fingerprint density at radius 2 is 2.15 bits per heavy atom. The van der Waals surface area contributed by atoms with Crippen LogP contribution in [0.5, 0.6) is 0 Å². The molecule has 102 valence electrons. The van der Waals surface area contributed by atoms with Gasteiger partial charge >= 0.3 is 0 Å². The summed E-state index contributed by atoms with van der Waals surface area (Å²) in [6.45, 7) is 1.60. The van der Waals surface area contributed by atoms with E-state index in [4.69, 9.17) is 11.6 Å². The number of anilines is 1. The van der Waals surface area contributed by atoms with E-state index < -0.39 is 10.8 Å². The van der Waals surface area contributed by atoms with Gasteiger partial charge in [0, 0.05) is 17.2 Å². The third-order valence-corrected chi connectivity index (χ3v) is 2.70. The number of aromatic nitrogens is 2. The second-order valence-electron chi connectivity index (χ2n) is 3.94. The first kappa shape index (κ1) is 13.9. The highest BCUT2D eigenvalue weighted by Crippen LogP contribution is 2.20. The van der Waals surface area contributed by atoms with E-state index in [9.17, 15) is 14.9 Å². The fourth-order valence-electron chi connectivity index (χ4n) is 1.54. The number of carbonyl (C=O) groups is 1. The number of carbonyl (C=O) groups excluding carboxylic acids is 1. The van der Waals surface area contributed by atoms with Crippen LogP contribution < -0.4 is 5.32 Å². The molecule has 0 unspecified atom stereocenters. The number of halogens is 1. The molecule has 1 aromatic carbocycles. The van der Waals surface area contributed by atoms with Gasteiger partial charge in [-0.1, -0.05) is 17.7 Å². The zero-order valence-electron chi connectivity index (χ0n) is 10.3. The highest BCUT2D eigenvalue weighted by atomic mass is 35.5. The summed E-state index contributed by atoms with van der Waals surface area (Å²) in [4.78, 5) is 29.9. The van der Waals surface area contributed by atoms with Gasteiger partial charge in [-0.05, 0) is 13.0 Å². The Morgan fingerprint density at radius 3 is 2.80 bits per heavy atom. The minimum absolute atomic E-state index is 0.116. The Balaban J connectivity index is 2.26. The highest BCUT2D eigenvalue weighted by molar-refractivity contribution is 6.29. The fourth-order valence-corrected chi connectivity index (χ4v) is 1.69. The average molecular weight is 293 g/mol. The van der Waals surface area contributed by atoms with E-state index in [-0.39, 0.29) is 22.2 Å². The third-order valence-electron chi connectivity index (χ3n) is 2.51. The number of amides is 1. The smallest absolute Gasteiger partial charge is 0.273 e. The molecule has 0 aliphatic carbocycles. The molecule has 8 heteroatoms. The van der Waals surface area contributed by atoms with E-state index in [0.29, 0.717) is 5.56 Å². The van der Waals surface area contributed by atoms with Crippen LogP contribution in [0.3, 0.4) is 0 Å². The van der Waals surface area contributed by atoms with Gasteiger partial charge in [-0.3, -0.25) is 19.9 Å². The van der Waals surface area contributed by atoms with Gasteiger partial charge in [0.1, 0.15) is 5.15 Å². The summed E-state index contributed by atoms with van der Waals surface area (Å²) in [7, 11) is 0. The summed E-state index contributed by atoms with van der Waals surface area (Å²) < 4.78 is 0.